The van der Waals surface area contributed by atoms with Crippen LogP contribution in [0, 0.1) is 5.41 Å². The van der Waals surface area contributed by atoms with Crippen LogP contribution < -0.4 is 10.6 Å². The van der Waals surface area contributed by atoms with Crippen LogP contribution in [-0.4, -0.2) is 36.1 Å². The van der Waals surface area contributed by atoms with E-state index in [-0.39, 0.29) is 11.9 Å². The third-order valence-electron chi connectivity index (χ3n) is 4.30. The van der Waals surface area contributed by atoms with Gasteiger partial charge in [-0.05, 0) is 32.3 Å². The van der Waals surface area contributed by atoms with Crippen LogP contribution in [0.1, 0.15) is 33.1 Å². The molecule has 0 aromatic rings. The summed E-state index contributed by atoms with van der Waals surface area (Å²) in [6, 6.07) is -0.258. The van der Waals surface area contributed by atoms with Gasteiger partial charge < -0.3 is 15.7 Å². The second kappa shape index (κ2) is 4.72. The van der Waals surface area contributed by atoms with Gasteiger partial charge in [-0.3, -0.25) is 9.59 Å². The van der Waals surface area contributed by atoms with Crippen LogP contribution in [0.25, 0.3) is 0 Å². The number of amides is 1. The van der Waals surface area contributed by atoms with Gasteiger partial charge in [0.1, 0.15) is 0 Å². The first kappa shape index (κ1) is 13.1. The van der Waals surface area contributed by atoms with E-state index in [0.717, 1.165) is 37.1 Å². The molecule has 5 heteroatoms. The Kier molecular flexibility index (Phi) is 3.43. The van der Waals surface area contributed by atoms with E-state index in [2.05, 4.69) is 10.6 Å². The lowest BCUT2D eigenvalue weighted by atomic mass is 9.84. The van der Waals surface area contributed by atoms with Crippen LogP contribution in [0.4, 0.5) is 0 Å². The van der Waals surface area contributed by atoms with Crippen molar-refractivity contribution >= 4 is 11.9 Å². The maximum Gasteiger partial charge on any atom is 0.311 e. The molecule has 0 bridgehead atoms. The molecule has 18 heavy (non-hydrogen) atoms. The normalized spacial score (nSPS) is 30.8. The number of carboxylic acid groups (broad SMARTS) is 1. The summed E-state index contributed by atoms with van der Waals surface area (Å²) in [5, 5.41) is 15.3. The van der Waals surface area contributed by atoms with Crippen LogP contribution in [-0.2, 0) is 9.59 Å². The molecule has 2 atom stereocenters. The molecule has 2 unspecified atom stereocenters. The van der Waals surface area contributed by atoms with Crippen LogP contribution in [0.3, 0.4) is 0 Å². The fourth-order valence-corrected chi connectivity index (χ4v) is 2.60. The van der Waals surface area contributed by atoms with Gasteiger partial charge in [0.05, 0.1) is 5.41 Å². The highest BCUT2D eigenvalue weighted by molar-refractivity contribution is 5.94. The Hall–Kier alpha value is -1.36. The Labute approximate surface area is 107 Å². The van der Waals surface area contributed by atoms with E-state index in [0.29, 0.717) is 6.42 Å². The van der Waals surface area contributed by atoms with Gasteiger partial charge in [-0.15, -0.1) is 0 Å². The zero-order chi connectivity index (χ0) is 13.3. The van der Waals surface area contributed by atoms with Crippen molar-refractivity contribution < 1.29 is 14.7 Å². The van der Waals surface area contributed by atoms with E-state index >= 15 is 0 Å². The number of carboxylic acids is 1. The van der Waals surface area contributed by atoms with Crippen LogP contribution in [0.5, 0.6) is 0 Å². The van der Waals surface area contributed by atoms with Gasteiger partial charge in [0.25, 0.3) is 0 Å². The molecule has 100 valence electrons. The first-order valence-electron chi connectivity index (χ1n) is 6.39. The number of carbonyl (C=O) groups is 2. The second-order valence-electron chi connectivity index (χ2n) is 5.47. The summed E-state index contributed by atoms with van der Waals surface area (Å²) < 4.78 is 0. The molecule has 1 saturated heterocycles. The number of rotatable bonds is 3. The predicted molar refractivity (Wildman–Crippen MR) is 67.1 cm³/mol. The predicted octanol–water partition coefficient (Wildman–Crippen LogP) is 0.666. The first-order valence-corrected chi connectivity index (χ1v) is 6.39. The van der Waals surface area contributed by atoms with Crippen molar-refractivity contribution in [3.05, 3.63) is 11.1 Å². The molecule has 5 nitrogen and oxygen atoms in total. The average Bonchev–Trinajstić information content (AvgIpc) is 2.59. The van der Waals surface area contributed by atoms with Crippen molar-refractivity contribution in [2.24, 2.45) is 5.41 Å². The highest BCUT2D eigenvalue weighted by Crippen LogP contribution is 2.38. The lowest BCUT2D eigenvalue weighted by Gasteiger charge is -2.29. The van der Waals surface area contributed by atoms with Gasteiger partial charge in [-0.1, -0.05) is 6.42 Å². The number of hydrogen-bond acceptors (Lipinski definition) is 3. The molecule has 3 N–H and O–H groups in total. The summed E-state index contributed by atoms with van der Waals surface area (Å²) in [6.07, 6.45) is 2.23. The van der Waals surface area contributed by atoms with E-state index in [9.17, 15) is 14.7 Å². The SMILES string of the molecule is CC(C(=O)NC1CCCC1(C)C(=O)O)=C1CNC1. The second-order valence-corrected chi connectivity index (χ2v) is 5.47. The summed E-state index contributed by atoms with van der Waals surface area (Å²) in [7, 11) is 0. The quantitative estimate of drug-likeness (QED) is 0.645. The van der Waals surface area contributed by atoms with Crippen LogP contribution in [0.2, 0.25) is 0 Å². The Bertz CT molecular complexity index is 410. The third-order valence-corrected chi connectivity index (χ3v) is 4.30. The number of nitrogens with one attached hydrogen (secondary N) is 2. The number of hydrogen-bond donors (Lipinski definition) is 3. The van der Waals surface area contributed by atoms with E-state index < -0.39 is 11.4 Å². The van der Waals surface area contributed by atoms with Crippen molar-refractivity contribution in [2.45, 2.75) is 39.2 Å². The lowest BCUT2D eigenvalue weighted by molar-refractivity contribution is -0.149. The van der Waals surface area contributed by atoms with Crippen molar-refractivity contribution in [2.75, 3.05) is 13.1 Å². The zero-order valence-corrected chi connectivity index (χ0v) is 10.9. The van der Waals surface area contributed by atoms with Crippen molar-refractivity contribution in [1.29, 1.82) is 0 Å². The summed E-state index contributed by atoms with van der Waals surface area (Å²) in [6.45, 7) is 5.06. The van der Waals surface area contributed by atoms with Crippen LogP contribution in [0.15, 0.2) is 11.1 Å². The van der Waals surface area contributed by atoms with Crippen molar-refractivity contribution in [1.82, 2.24) is 10.6 Å². The highest BCUT2D eigenvalue weighted by Gasteiger charge is 2.46. The molecule has 1 amide bonds. The molecule has 1 aliphatic carbocycles. The molecule has 1 heterocycles. The summed E-state index contributed by atoms with van der Waals surface area (Å²) in [5.41, 5.74) is 1.02. The maximum absolute atomic E-state index is 12.1. The smallest absolute Gasteiger partial charge is 0.311 e. The van der Waals surface area contributed by atoms with Crippen molar-refractivity contribution in [3.63, 3.8) is 0 Å². The maximum atomic E-state index is 12.1. The molecular formula is C13H20N2O3. The number of carbonyl (C=O) groups excluding carboxylic acids is 1. The Morgan fingerprint density at radius 1 is 1.44 bits per heavy atom. The van der Waals surface area contributed by atoms with E-state index in [1.54, 1.807) is 13.8 Å². The minimum absolute atomic E-state index is 0.120. The van der Waals surface area contributed by atoms with Gasteiger partial charge in [-0.2, -0.15) is 0 Å². The molecule has 0 radical (unpaired) electrons. The average molecular weight is 252 g/mol. The van der Waals surface area contributed by atoms with E-state index in [4.69, 9.17) is 0 Å². The molecular weight excluding hydrogens is 232 g/mol. The van der Waals surface area contributed by atoms with Gasteiger partial charge in [0.15, 0.2) is 0 Å². The van der Waals surface area contributed by atoms with Crippen LogP contribution >= 0.6 is 0 Å². The minimum Gasteiger partial charge on any atom is -0.481 e. The summed E-state index contributed by atoms with van der Waals surface area (Å²) in [5.74, 6) is -0.938. The Morgan fingerprint density at radius 3 is 2.61 bits per heavy atom. The first-order chi connectivity index (χ1) is 8.45. The standard InChI is InChI=1S/C13H20N2O3/c1-8(9-6-14-7-9)11(16)15-10-4-3-5-13(10,2)12(17)18/h10,14H,3-7H2,1-2H3,(H,15,16)(H,17,18). The Balaban J connectivity index is 2.05. The molecule has 0 spiro atoms. The highest BCUT2D eigenvalue weighted by atomic mass is 16.4. The topological polar surface area (TPSA) is 78.4 Å². The number of aliphatic carboxylic acids is 1. The zero-order valence-electron chi connectivity index (χ0n) is 10.9. The molecule has 2 rings (SSSR count). The Morgan fingerprint density at radius 2 is 2.11 bits per heavy atom. The summed E-state index contributed by atoms with van der Waals surface area (Å²) in [4.78, 5) is 23.4. The van der Waals surface area contributed by atoms with Gasteiger partial charge in [-0.25, -0.2) is 0 Å². The fourth-order valence-electron chi connectivity index (χ4n) is 2.60. The van der Waals surface area contributed by atoms with E-state index in [1.807, 2.05) is 0 Å². The summed E-state index contributed by atoms with van der Waals surface area (Å²) >= 11 is 0. The fraction of sp³-hybridized carbons (Fsp3) is 0.692. The molecule has 1 aliphatic heterocycles. The third kappa shape index (κ3) is 2.14. The molecule has 0 aromatic heterocycles. The van der Waals surface area contributed by atoms with Gasteiger partial charge >= 0.3 is 5.97 Å². The monoisotopic (exact) mass is 252 g/mol. The largest absolute Gasteiger partial charge is 0.481 e. The van der Waals surface area contributed by atoms with Gasteiger partial charge in [0.2, 0.25) is 5.91 Å². The van der Waals surface area contributed by atoms with E-state index in [1.165, 1.54) is 0 Å². The van der Waals surface area contributed by atoms with Gasteiger partial charge in [0, 0.05) is 24.7 Å². The van der Waals surface area contributed by atoms with Crippen molar-refractivity contribution in [3.8, 4) is 0 Å². The molecule has 2 fully saturated rings. The molecule has 1 saturated carbocycles. The minimum atomic E-state index is -0.821. The molecule has 2 aliphatic rings. The molecule has 0 aromatic carbocycles. The lowest BCUT2D eigenvalue weighted by Crippen LogP contribution is -2.48.